The Balaban J connectivity index is 2.51. The van der Waals surface area contributed by atoms with Crippen LogP contribution in [-0.2, 0) is 7.05 Å². The molecule has 0 aromatic carbocycles. The maximum Gasteiger partial charge on any atom is 0.204 e. The summed E-state index contributed by atoms with van der Waals surface area (Å²) < 4.78 is 1.62. The first kappa shape index (κ1) is 9.95. The van der Waals surface area contributed by atoms with E-state index in [1.54, 1.807) is 11.7 Å². The largest absolute Gasteiger partial charge is 0.229 e. The summed E-state index contributed by atoms with van der Waals surface area (Å²) in [6, 6.07) is 0. The molecule has 2 aromatic heterocycles. The van der Waals surface area contributed by atoms with Gasteiger partial charge in [0.2, 0.25) is 5.65 Å². The molecule has 0 aliphatic rings. The minimum atomic E-state index is 0.352. The first-order chi connectivity index (χ1) is 7.24. The molecular weight excluding hydrogens is 192 g/mol. The highest BCUT2D eigenvalue weighted by Gasteiger charge is 2.15. The lowest BCUT2D eigenvalue weighted by molar-refractivity contribution is 0.633. The van der Waals surface area contributed by atoms with Crippen LogP contribution < -0.4 is 0 Å². The van der Waals surface area contributed by atoms with E-state index in [0.29, 0.717) is 11.6 Å². The highest BCUT2D eigenvalue weighted by molar-refractivity contribution is 5.71. The summed E-state index contributed by atoms with van der Waals surface area (Å²) in [6.07, 6.45) is 2.19. The average Bonchev–Trinajstić information content (AvgIpc) is 2.61. The Morgan fingerprint density at radius 2 is 2.07 bits per heavy atom. The lowest BCUT2D eigenvalue weighted by Crippen LogP contribution is -2.03. The second-order valence-corrected chi connectivity index (χ2v) is 3.75. The fourth-order valence-corrected chi connectivity index (χ4v) is 1.69. The van der Waals surface area contributed by atoms with Gasteiger partial charge in [-0.2, -0.15) is 0 Å². The molecule has 6 heteroatoms. The minimum absolute atomic E-state index is 0.352. The Bertz CT molecular complexity index is 463. The van der Waals surface area contributed by atoms with Gasteiger partial charge >= 0.3 is 0 Å². The Labute approximate surface area is 87.7 Å². The van der Waals surface area contributed by atoms with Crippen molar-refractivity contribution >= 4 is 11.2 Å². The van der Waals surface area contributed by atoms with Crippen molar-refractivity contribution < 1.29 is 0 Å². The van der Waals surface area contributed by atoms with Gasteiger partial charge in [-0.15, -0.1) is 15.3 Å². The Kier molecular flexibility index (Phi) is 2.57. The van der Waals surface area contributed by atoms with E-state index in [2.05, 4.69) is 39.6 Å². The SMILES string of the molecule is CCCC(C)c1nnnc2c1nnn2C. The van der Waals surface area contributed by atoms with Crippen molar-refractivity contribution in [3.63, 3.8) is 0 Å². The zero-order valence-electron chi connectivity index (χ0n) is 9.17. The van der Waals surface area contributed by atoms with Crippen molar-refractivity contribution in [1.29, 1.82) is 0 Å². The van der Waals surface area contributed by atoms with Crippen LogP contribution in [0.25, 0.3) is 11.2 Å². The number of hydrogen-bond acceptors (Lipinski definition) is 5. The predicted molar refractivity (Wildman–Crippen MR) is 55.2 cm³/mol. The molecule has 0 radical (unpaired) electrons. The zero-order valence-corrected chi connectivity index (χ0v) is 9.17. The first-order valence-corrected chi connectivity index (χ1v) is 5.12. The topological polar surface area (TPSA) is 69.4 Å². The Morgan fingerprint density at radius 3 is 2.80 bits per heavy atom. The third kappa shape index (κ3) is 1.67. The first-order valence-electron chi connectivity index (χ1n) is 5.12. The molecule has 0 fully saturated rings. The van der Waals surface area contributed by atoms with E-state index in [4.69, 9.17) is 0 Å². The fourth-order valence-electron chi connectivity index (χ4n) is 1.69. The van der Waals surface area contributed by atoms with Gasteiger partial charge in [0.25, 0.3) is 0 Å². The number of nitrogens with zero attached hydrogens (tertiary/aromatic N) is 6. The third-order valence-electron chi connectivity index (χ3n) is 2.52. The molecule has 1 atom stereocenters. The normalized spacial score (nSPS) is 13.3. The second-order valence-electron chi connectivity index (χ2n) is 3.75. The van der Waals surface area contributed by atoms with E-state index in [1.165, 1.54) is 0 Å². The molecule has 0 saturated carbocycles. The second kappa shape index (κ2) is 3.88. The van der Waals surface area contributed by atoms with Gasteiger partial charge in [0, 0.05) is 13.0 Å². The molecular formula is C9H14N6. The van der Waals surface area contributed by atoms with Crippen LogP contribution in [-0.4, -0.2) is 30.4 Å². The summed E-state index contributed by atoms with van der Waals surface area (Å²) in [5.41, 5.74) is 2.37. The summed E-state index contributed by atoms with van der Waals surface area (Å²) in [6.45, 7) is 4.28. The Morgan fingerprint density at radius 1 is 1.27 bits per heavy atom. The van der Waals surface area contributed by atoms with Crippen molar-refractivity contribution in [1.82, 2.24) is 30.4 Å². The minimum Gasteiger partial charge on any atom is -0.229 e. The van der Waals surface area contributed by atoms with Gasteiger partial charge in [-0.3, -0.25) is 0 Å². The van der Waals surface area contributed by atoms with Crippen molar-refractivity contribution in [2.75, 3.05) is 0 Å². The van der Waals surface area contributed by atoms with Crippen molar-refractivity contribution in [3.05, 3.63) is 5.69 Å². The van der Waals surface area contributed by atoms with E-state index in [0.717, 1.165) is 24.1 Å². The highest BCUT2D eigenvalue weighted by Crippen LogP contribution is 2.22. The molecule has 2 heterocycles. The van der Waals surface area contributed by atoms with Crippen LogP contribution in [0, 0.1) is 0 Å². The summed E-state index contributed by atoms with van der Waals surface area (Å²) >= 11 is 0. The number of aromatic nitrogens is 6. The molecule has 15 heavy (non-hydrogen) atoms. The van der Waals surface area contributed by atoms with Crippen LogP contribution in [0.2, 0.25) is 0 Å². The molecule has 0 aliphatic heterocycles. The number of aryl methyl sites for hydroxylation is 1. The van der Waals surface area contributed by atoms with E-state index in [-0.39, 0.29) is 0 Å². The highest BCUT2D eigenvalue weighted by atomic mass is 15.5. The molecule has 2 rings (SSSR count). The molecule has 80 valence electrons. The van der Waals surface area contributed by atoms with Crippen LogP contribution in [0.1, 0.15) is 38.3 Å². The van der Waals surface area contributed by atoms with Gasteiger partial charge in [-0.25, -0.2) is 4.68 Å². The predicted octanol–water partition coefficient (Wildman–Crippen LogP) is 1.06. The van der Waals surface area contributed by atoms with Crippen LogP contribution in [0.5, 0.6) is 0 Å². The molecule has 0 saturated heterocycles. The Hall–Kier alpha value is -1.59. The van der Waals surface area contributed by atoms with E-state index in [1.807, 2.05) is 0 Å². The summed E-state index contributed by atoms with van der Waals surface area (Å²) in [5.74, 6) is 0.352. The molecule has 1 unspecified atom stereocenters. The monoisotopic (exact) mass is 206 g/mol. The van der Waals surface area contributed by atoms with Crippen molar-refractivity contribution in [2.45, 2.75) is 32.6 Å². The van der Waals surface area contributed by atoms with Crippen molar-refractivity contribution in [2.24, 2.45) is 7.05 Å². The van der Waals surface area contributed by atoms with E-state index < -0.39 is 0 Å². The molecule has 2 aromatic rings. The maximum atomic E-state index is 4.07. The quantitative estimate of drug-likeness (QED) is 0.751. The molecule has 0 bridgehead atoms. The van der Waals surface area contributed by atoms with Gasteiger partial charge in [0.15, 0.2) is 5.52 Å². The summed E-state index contributed by atoms with van der Waals surface area (Å²) in [7, 11) is 1.80. The van der Waals surface area contributed by atoms with Crippen molar-refractivity contribution in [3.8, 4) is 0 Å². The standard InChI is InChI=1S/C9H14N6/c1-4-5-6(2)7-8-9(12-13-10-7)15(3)14-11-8/h6H,4-5H2,1-3H3. The molecule has 0 amide bonds. The van der Waals surface area contributed by atoms with Gasteiger partial charge in [0.05, 0.1) is 5.69 Å². The van der Waals surface area contributed by atoms with Gasteiger partial charge in [-0.05, 0) is 11.6 Å². The maximum absolute atomic E-state index is 4.07. The number of rotatable bonds is 3. The van der Waals surface area contributed by atoms with Crippen LogP contribution in [0.4, 0.5) is 0 Å². The number of hydrogen-bond donors (Lipinski definition) is 0. The van der Waals surface area contributed by atoms with Gasteiger partial charge in [-0.1, -0.05) is 25.5 Å². The smallest absolute Gasteiger partial charge is 0.204 e. The lowest BCUT2D eigenvalue weighted by atomic mass is 10.0. The van der Waals surface area contributed by atoms with Crippen LogP contribution in [0.15, 0.2) is 0 Å². The number of fused-ring (bicyclic) bond motifs is 1. The van der Waals surface area contributed by atoms with E-state index in [9.17, 15) is 0 Å². The zero-order chi connectivity index (χ0) is 10.8. The lowest BCUT2D eigenvalue weighted by Gasteiger charge is -2.07. The van der Waals surface area contributed by atoms with Crippen LogP contribution in [0.3, 0.4) is 0 Å². The van der Waals surface area contributed by atoms with Crippen LogP contribution >= 0.6 is 0 Å². The average molecular weight is 206 g/mol. The molecule has 0 spiro atoms. The summed E-state index contributed by atoms with van der Waals surface area (Å²) in [4.78, 5) is 0. The molecule has 0 aliphatic carbocycles. The van der Waals surface area contributed by atoms with Gasteiger partial charge < -0.3 is 0 Å². The van der Waals surface area contributed by atoms with E-state index >= 15 is 0 Å². The summed E-state index contributed by atoms with van der Waals surface area (Å²) in [5, 5.41) is 19.7. The van der Waals surface area contributed by atoms with Gasteiger partial charge in [0.1, 0.15) is 0 Å². The third-order valence-corrected chi connectivity index (χ3v) is 2.52. The molecule has 0 N–H and O–H groups in total. The fraction of sp³-hybridized carbons (Fsp3) is 0.667. The molecule has 6 nitrogen and oxygen atoms in total.